The van der Waals surface area contributed by atoms with Crippen LogP contribution in [0.15, 0.2) is 67.0 Å². The molecule has 5 nitrogen and oxygen atoms in total. The Labute approximate surface area is 150 Å². The van der Waals surface area contributed by atoms with Gasteiger partial charge < -0.3 is 5.32 Å². The highest BCUT2D eigenvalue weighted by Gasteiger charge is 2.08. The summed E-state index contributed by atoms with van der Waals surface area (Å²) in [5.74, 6) is 1.50. The van der Waals surface area contributed by atoms with E-state index >= 15 is 0 Å². The van der Waals surface area contributed by atoms with E-state index in [1.807, 2.05) is 65.1 Å². The summed E-state index contributed by atoms with van der Waals surface area (Å²) in [5.41, 5.74) is 3.15. The third kappa shape index (κ3) is 3.46. The Bertz CT molecular complexity index is 980. The van der Waals surface area contributed by atoms with Crippen LogP contribution in [-0.2, 0) is 6.42 Å². The summed E-state index contributed by atoms with van der Waals surface area (Å²) in [6, 6.07) is 20.0. The summed E-state index contributed by atoms with van der Waals surface area (Å²) in [6.45, 7) is 0.785. The lowest BCUT2D eigenvalue weighted by atomic mass is 10.1. The standard InChI is InChI=1S/C19H16ClN5/c20-16-8-6-14(7-9-16)10-11-21-18-12-17(15-4-2-1-3-5-15)23-19-24-22-13-25(18)19/h1-9,12-13,21H,10-11H2. The minimum absolute atomic E-state index is 0.579. The fraction of sp³-hybridized carbons (Fsp3) is 0.105. The maximum absolute atomic E-state index is 5.93. The maximum atomic E-state index is 5.93. The number of nitrogens with zero attached hydrogens (tertiary/aromatic N) is 4. The highest BCUT2D eigenvalue weighted by atomic mass is 35.5. The van der Waals surface area contributed by atoms with Crippen LogP contribution in [0.1, 0.15) is 5.56 Å². The molecule has 124 valence electrons. The van der Waals surface area contributed by atoms with E-state index in [1.165, 1.54) is 5.56 Å². The van der Waals surface area contributed by atoms with Crippen LogP contribution in [0.25, 0.3) is 17.0 Å². The molecule has 0 saturated carbocycles. The van der Waals surface area contributed by atoms with Crippen LogP contribution in [0.5, 0.6) is 0 Å². The predicted octanol–water partition coefficient (Wildman–Crippen LogP) is 4.10. The van der Waals surface area contributed by atoms with E-state index in [0.29, 0.717) is 5.78 Å². The summed E-state index contributed by atoms with van der Waals surface area (Å²) in [6.07, 6.45) is 2.56. The number of anilines is 1. The average molecular weight is 350 g/mol. The molecular formula is C19H16ClN5. The second-order valence-corrected chi connectivity index (χ2v) is 6.13. The minimum Gasteiger partial charge on any atom is -0.371 e. The monoisotopic (exact) mass is 349 g/mol. The molecular weight excluding hydrogens is 334 g/mol. The quantitative estimate of drug-likeness (QED) is 0.589. The molecule has 25 heavy (non-hydrogen) atoms. The molecule has 4 aromatic rings. The smallest absolute Gasteiger partial charge is 0.256 e. The van der Waals surface area contributed by atoms with Gasteiger partial charge in [-0.1, -0.05) is 54.1 Å². The lowest BCUT2D eigenvalue weighted by molar-refractivity contribution is 0.986. The lowest BCUT2D eigenvalue weighted by Crippen LogP contribution is -2.09. The number of nitrogens with one attached hydrogen (secondary N) is 1. The first-order valence-corrected chi connectivity index (χ1v) is 8.42. The van der Waals surface area contributed by atoms with E-state index in [1.54, 1.807) is 6.33 Å². The molecule has 2 aromatic carbocycles. The lowest BCUT2D eigenvalue weighted by Gasteiger charge is -2.10. The fourth-order valence-electron chi connectivity index (χ4n) is 2.69. The Morgan fingerprint density at radius 3 is 2.60 bits per heavy atom. The van der Waals surface area contributed by atoms with E-state index in [9.17, 15) is 0 Å². The number of hydrogen-bond donors (Lipinski definition) is 1. The highest BCUT2D eigenvalue weighted by molar-refractivity contribution is 6.30. The largest absolute Gasteiger partial charge is 0.371 e. The Morgan fingerprint density at radius 2 is 1.80 bits per heavy atom. The third-order valence-electron chi connectivity index (χ3n) is 3.99. The fourth-order valence-corrected chi connectivity index (χ4v) is 2.82. The second kappa shape index (κ2) is 6.91. The van der Waals surface area contributed by atoms with Gasteiger partial charge in [0.15, 0.2) is 0 Å². The molecule has 1 N–H and O–H groups in total. The van der Waals surface area contributed by atoms with Crippen molar-refractivity contribution in [3.05, 3.63) is 77.6 Å². The Balaban J connectivity index is 1.58. The number of fused-ring (bicyclic) bond motifs is 1. The van der Waals surface area contributed by atoms with Gasteiger partial charge in [0, 0.05) is 23.2 Å². The molecule has 2 heterocycles. The van der Waals surface area contributed by atoms with Gasteiger partial charge in [0.1, 0.15) is 12.1 Å². The SMILES string of the molecule is Clc1ccc(CCNc2cc(-c3ccccc3)nc3nncn23)cc1. The normalized spacial score (nSPS) is 10.9. The van der Waals surface area contributed by atoms with Crippen LogP contribution in [0.4, 0.5) is 5.82 Å². The molecule has 2 aromatic heterocycles. The summed E-state index contributed by atoms with van der Waals surface area (Å²) >= 11 is 5.93. The highest BCUT2D eigenvalue weighted by Crippen LogP contribution is 2.21. The van der Waals surface area contributed by atoms with Gasteiger partial charge in [-0.2, -0.15) is 0 Å². The molecule has 0 aliphatic heterocycles. The van der Waals surface area contributed by atoms with Crippen LogP contribution < -0.4 is 5.32 Å². The molecule has 0 amide bonds. The molecule has 0 aliphatic rings. The number of rotatable bonds is 5. The van der Waals surface area contributed by atoms with Gasteiger partial charge in [-0.05, 0) is 24.1 Å². The molecule has 6 heteroatoms. The number of halogens is 1. The zero-order valence-electron chi connectivity index (χ0n) is 13.4. The molecule has 0 saturated heterocycles. The first kappa shape index (κ1) is 15.6. The predicted molar refractivity (Wildman–Crippen MR) is 99.9 cm³/mol. The van der Waals surface area contributed by atoms with E-state index in [-0.39, 0.29) is 0 Å². The number of aromatic nitrogens is 4. The summed E-state index contributed by atoms with van der Waals surface area (Å²) in [4.78, 5) is 4.58. The van der Waals surface area contributed by atoms with Gasteiger partial charge in [-0.3, -0.25) is 4.40 Å². The van der Waals surface area contributed by atoms with Gasteiger partial charge in [0.05, 0.1) is 5.69 Å². The van der Waals surface area contributed by atoms with Crippen LogP contribution in [0, 0.1) is 0 Å². The van der Waals surface area contributed by atoms with Crippen LogP contribution in [-0.4, -0.2) is 26.1 Å². The van der Waals surface area contributed by atoms with Gasteiger partial charge >= 0.3 is 0 Å². The van der Waals surface area contributed by atoms with Crippen LogP contribution in [0.3, 0.4) is 0 Å². The van der Waals surface area contributed by atoms with Crippen LogP contribution in [0.2, 0.25) is 5.02 Å². The Hall–Kier alpha value is -2.92. The van der Waals surface area contributed by atoms with Gasteiger partial charge in [0.25, 0.3) is 5.78 Å². The minimum atomic E-state index is 0.579. The van der Waals surface area contributed by atoms with Crippen molar-refractivity contribution in [2.24, 2.45) is 0 Å². The first-order chi connectivity index (χ1) is 12.3. The molecule has 0 spiro atoms. The molecule has 0 fully saturated rings. The van der Waals surface area contributed by atoms with Crippen molar-refractivity contribution in [3.8, 4) is 11.3 Å². The zero-order chi connectivity index (χ0) is 17.1. The molecule has 0 aliphatic carbocycles. The molecule has 0 bridgehead atoms. The number of benzene rings is 2. The first-order valence-electron chi connectivity index (χ1n) is 8.04. The maximum Gasteiger partial charge on any atom is 0.256 e. The number of hydrogen-bond acceptors (Lipinski definition) is 4. The van der Waals surface area contributed by atoms with Crippen molar-refractivity contribution in [2.75, 3.05) is 11.9 Å². The summed E-state index contributed by atoms with van der Waals surface area (Å²) in [7, 11) is 0. The van der Waals surface area contributed by atoms with Crippen molar-refractivity contribution < 1.29 is 0 Å². The summed E-state index contributed by atoms with van der Waals surface area (Å²) < 4.78 is 1.86. The van der Waals surface area contributed by atoms with Crippen molar-refractivity contribution in [3.63, 3.8) is 0 Å². The van der Waals surface area contributed by atoms with Crippen molar-refractivity contribution in [1.29, 1.82) is 0 Å². The van der Waals surface area contributed by atoms with Crippen molar-refractivity contribution >= 4 is 23.2 Å². The van der Waals surface area contributed by atoms with Crippen LogP contribution >= 0.6 is 11.6 Å². The van der Waals surface area contributed by atoms with Gasteiger partial charge in [-0.15, -0.1) is 10.2 Å². The molecule has 4 rings (SSSR count). The van der Waals surface area contributed by atoms with E-state index in [2.05, 4.69) is 20.5 Å². The molecule has 0 radical (unpaired) electrons. The van der Waals surface area contributed by atoms with Gasteiger partial charge in [0.2, 0.25) is 0 Å². The molecule has 0 unspecified atom stereocenters. The van der Waals surface area contributed by atoms with Crippen molar-refractivity contribution in [2.45, 2.75) is 6.42 Å². The average Bonchev–Trinajstić information content (AvgIpc) is 3.13. The van der Waals surface area contributed by atoms with E-state index in [0.717, 1.165) is 35.1 Å². The van der Waals surface area contributed by atoms with Gasteiger partial charge in [-0.25, -0.2) is 4.98 Å². The molecule has 0 atom stereocenters. The Kier molecular flexibility index (Phi) is 4.31. The van der Waals surface area contributed by atoms with Crippen molar-refractivity contribution in [1.82, 2.24) is 19.6 Å². The van der Waals surface area contributed by atoms with E-state index < -0.39 is 0 Å². The second-order valence-electron chi connectivity index (χ2n) is 5.70. The summed E-state index contributed by atoms with van der Waals surface area (Å²) in [5, 5.41) is 12.3. The Morgan fingerprint density at radius 1 is 1.00 bits per heavy atom. The third-order valence-corrected chi connectivity index (χ3v) is 4.24. The topological polar surface area (TPSA) is 55.1 Å². The van der Waals surface area contributed by atoms with E-state index in [4.69, 9.17) is 11.6 Å². The zero-order valence-corrected chi connectivity index (χ0v) is 14.2.